The average molecular weight is 338 g/mol. The Morgan fingerprint density at radius 3 is 3.00 bits per heavy atom. The maximum atomic E-state index is 5.43. The molecule has 4 rings (SSSR count). The zero-order chi connectivity index (χ0) is 16.5. The highest BCUT2D eigenvalue weighted by Gasteiger charge is 2.23. The minimum atomic E-state index is 0.371. The van der Waals surface area contributed by atoms with Crippen LogP contribution in [0.25, 0.3) is 16.9 Å². The molecule has 0 spiro atoms. The third kappa shape index (κ3) is 2.74. The Labute approximate surface area is 143 Å². The SMILES string of the molecule is C#Cc1nnc2ccc(-c3cnc(OC)c(NSC4CC4)c3)nn12. The Balaban J connectivity index is 1.72. The van der Waals surface area contributed by atoms with Crippen LogP contribution < -0.4 is 9.46 Å². The van der Waals surface area contributed by atoms with E-state index in [4.69, 9.17) is 11.2 Å². The van der Waals surface area contributed by atoms with Gasteiger partial charge < -0.3 is 9.46 Å². The average Bonchev–Trinajstić information content (AvgIpc) is 3.37. The molecule has 24 heavy (non-hydrogen) atoms. The third-order valence-electron chi connectivity index (χ3n) is 3.59. The van der Waals surface area contributed by atoms with Crippen LogP contribution in [0.15, 0.2) is 24.4 Å². The Hall–Kier alpha value is -2.79. The van der Waals surface area contributed by atoms with E-state index in [0.29, 0.717) is 22.6 Å². The summed E-state index contributed by atoms with van der Waals surface area (Å²) in [6, 6.07) is 5.66. The van der Waals surface area contributed by atoms with Gasteiger partial charge in [0.15, 0.2) is 5.65 Å². The number of rotatable bonds is 5. The van der Waals surface area contributed by atoms with Crippen molar-refractivity contribution in [2.45, 2.75) is 18.1 Å². The molecule has 0 saturated heterocycles. The first-order chi connectivity index (χ1) is 11.8. The van der Waals surface area contributed by atoms with Crippen LogP contribution in [0.5, 0.6) is 5.88 Å². The minimum absolute atomic E-state index is 0.371. The fourth-order valence-corrected chi connectivity index (χ4v) is 3.01. The number of hydrogen-bond donors (Lipinski definition) is 1. The summed E-state index contributed by atoms with van der Waals surface area (Å²) in [5.41, 5.74) is 3.02. The van der Waals surface area contributed by atoms with Gasteiger partial charge in [0.1, 0.15) is 5.69 Å². The summed E-state index contributed by atoms with van der Waals surface area (Å²) in [5.74, 6) is 3.40. The molecule has 1 aliphatic carbocycles. The van der Waals surface area contributed by atoms with Gasteiger partial charge in [0.25, 0.3) is 0 Å². The van der Waals surface area contributed by atoms with E-state index < -0.39 is 0 Å². The number of aromatic nitrogens is 5. The number of pyridine rings is 1. The summed E-state index contributed by atoms with van der Waals surface area (Å²) in [6.45, 7) is 0. The van der Waals surface area contributed by atoms with Gasteiger partial charge in [-0.25, -0.2) is 4.98 Å². The fourth-order valence-electron chi connectivity index (χ4n) is 2.19. The molecule has 0 bridgehead atoms. The maximum Gasteiger partial charge on any atom is 0.237 e. The Bertz CT molecular complexity index is 943. The molecule has 0 atom stereocenters. The van der Waals surface area contributed by atoms with Crippen molar-refractivity contribution in [1.29, 1.82) is 0 Å². The molecule has 1 saturated carbocycles. The molecule has 0 unspecified atom stereocenters. The quantitative estimate of drug-likeness (QED) is 0.565. The molecule has 8 heteroatoms. The lowest BCUT2D eigenvalue weighted by atomic mass is 10.2. The van der Waals surface area contributed by atoms with Crippen LogP contribution in [0, 0.1) is 12.3 Å². The highest BCUT2D eigenvalue weighted by atomic mass is 32.2. The molecule has 1 fully saturated rings. The number of ether oxygens (including phenoxy) is 1. The summed E-state index contributed by atoms with van der Waals surface area (Å²) in [6.07, 6.45) is 9.64. The molecule has 3 aromatic heterocycles. The van der Waals surface area contributed by atoms with Gasteiger partial charge in [-0.1, -0.05) is 0 Å². The van der Waals surface area contributed by atoms with Gasteiger partial charge in [0, 0.05) is 17.0 Å². The summed E-state index contributed by atoms with van der Waals surface area (Å²) in [4.78, 5) is 4.36. The van der Waals surface area contributed by atoms with Crippen LogP contribution in [0.3, 0.4) is 0 Å². The number of hydrogen-bond acceptors (Lipinski definition) is 7. The Kier molecular flexibility index (Phi) is 3.70. The van der Waals surface area contributed by atoms with E-state index in [2.05, 4.69) is 30.9 Å². The van der Waals surface area contributed by atoms with E-state index in [1.807, 2.05) is 18.2 Å². The molecule has 1 aliphatic rings. The van der Waals surface area contributed by atoms with Crippen LogP contribution in [0.4, 0.5) is 5.69 Å². The molecule has 0 radical (unpaired) electrons. The normalized spacial score (nSPS) is 13.7. The standard InChI is InChI=1S/C16H14N6OS/c1-3-14-18-19-15-7-6-12(20-22(14)15)10-8-13(16(23-2)17-9-10)21-24-11-4-5-11/h1,6-9,11,21H,4-5H2,2H3. The molecule has 3 aromatic rings. The number of nitrogens with zero attached hydrogens (tertiary/aromatic N) is 5. The number of methoxy groups -OCH3 is 1. The number of nitrogens with one attached hydrogen (secondary N) is 1. The van der Waals surface area contributed by atoms with E-state index in [9.17, 15) is 0 Å². The molecule has 3 heterocycles. The lowest BCUT2D eigenvalue weighted by molar-refractivity contribution is 0.400. The van der Waals surface area contributed by atoms with Gasteiger partial charge in [-0.15, -0.1) is 16.6 Å². The Morgan fingerprint density at radius 1 is 1.38 bits per heavy atom. The van der Waals surface area contributed by atoms with Gasteiger partial charge in [-0.3, -0.25) is 0 Å². The lowest BCUT2D eigenvalue weighted by Crippen LogP contribution is -2.00. The van der Waals surface area contributed by atoms with Crippen molar-refractivity contribution in [3.05, 3.63) is 30.2 Å². The Morgan fingerprint density at radius 2 is 2.25 bits per heavy atom. The van der Waals surface area contributed by atoms with Gasteiger partial charge in [-0.05, 0) is 48.9 Å². The van der Waals surface area contributed by atoms with E-state index in [1.54, 1.807) is 29.8 Å². The molecular weight excluding hydrogens is 324 g/mol. The number of fused-ring (bicyclic) bond motifs is 1. The number of anilines is 1. The summed E-state index contributed by atoms with van der Waals surface area (Å²) >= 11 is 1.70. The zero-order valence-electron chi connectivity index (χ0n) is 12.9. The van der Waals surface area contributed by atoms with Crippen LogP contribution in [-0.4, -0.2) is 37.2 Å². The highest BCUT2D eigenvalue weighted by Crippen LogP contribution is 2.37. The van der Waals surface area contributed by atoms with Crippen molar-refractivity contribution in [2.75, 3.05) is 11.8 Å². The highest BCUT2D eigenvalue weighted by molar-refractivity contribution is 8.01. The summed E-state index contributed by atoms with van der Waals surface area (Å²) in [5, 5.41) is 13.1. The van der Waals surface area contributed by atoms with E-state index in [-0.39, 0.29) is 0 Å². The lowest BCUT2D eigenvalue weighted by Gasteiger charge is -2.11. The largest absolute Gasteiger partial charge is 0.480 e. The van der Waals surface area contributed by atoms with Crippen molar-refractivity contribution >= 4 is 23.3 Å². The van der Waals surface area contributed by atoms with Crippen molar-refractivity contribution in [3.8, 4) is 29.5 Å². The van der Waals surface area contributed by atoms with Crippen LogP contribution in [0.2, 0.25) is 0 Å². The molecule has 1 N–H and O–H groups in total. The minimum Gasteiger partial charge on any atom is -0.480 e. The van der Waals surface area contributed by atoms with E-state index >= 15 is 0 Å². The fraction of sp³-hybridized carbons (Fsp3) is 0.250. The van der Waals surface area contributed by atoms with Crippen LogP contribution in [0.1, 0.15) is 18.7 Å². The predicted molar refractivity (Wildman–Crippen MR) is 92.7 cm³/mol. The van der Waals surface area contributed by atoms with E-state index in [0.717, 1.165) is 16.9 Å². The summed E-state index contributed by atoms with van der Waals surface area (Å²) in [7, 11) is 1.61. The van der Waals surface area contributed by atoms with Crippen molar-refractivity contribution in [1.82, 2.24) is 24.8 Å². The summed E-state index contributed by atoms with van der Waals surface area (Å²) < 4.78 is 10.2. The number of terminal acetylenes is 1. The molecule has 0 aromatic carbocycles. The van der Waals surface area contributed by atoms with Gasteiger partial charge in [0.05, 0.1) is 12.8 Å². The van der Waals surface area contributed by atoms with Crippen LogP contribution >= 0.6 is 11.9 Å². The second-order valence-corrected chi connectivity index (χ2v) is 6.46. The zero-order valence-corrected chi connectivity index (χ0v) is 13.7. The van der Waals surface area contributed by atoms with Gasteiger partial charge in [0.2, 0.25) is 11.7 Å². The molecule has 0 amide bonds. The van der Waals surface area contributed by atoms with Crippen molar-refractivity contribution in [3.63, 3.8) is 0 Å². The first kappa shape index (κ1) is 14.8. The molecule has 120 valence electrons. The van der Waals surface area contributed by atoms with Crippen molar-refractivity contribution in [2.24, 2.45) is 0 Å². The smallest absolute Gasteiger partial charge is 0.237 e. The van der Waals surface area contributed by atoms with Crippen molar-refractivity contribution < 1.29 is 4.74 Å². The topological polar surface area (TPSA) is 77.2 Å². The second-order valence-electron chi connectivity index (χ2n) is 5.36. The maximum absolute atomic E-state index is 5.43. The second kappa shape index (κ2) is 6.02. The van der Waals surface area contributed by atoms with E-state index in [1.165, 1.54) is 12.8 Å². The monoisotopic (exact) mass is 338 g/mol. The van der Waals surface area contributed by atoms with Crippen LogP contribution in [-0.2, 0) is 0 Å². The first-order valence-corrected chi connectivity index (χ1v) is 8.31. The van der Waals surface area contributed by atoms with Gasteiger partial charge in [-0.2, -0.15) is 9.61 Å². The molecular formula is C16H14N6OS. The molecule has 0 aliphatic heterocycles. The predicted octanol–water partition coefficient (Wildman–Crippen LogP) is 2.40. The first-order valence-electron chi connectivity index (χ1n) is 7.43. The molecule has 7 nitrogen and oxygen atoms in total. The third-order valence-corrected chi connectivity index (χ3v) is 4.73. The van der Waals surface area contributed by atoms with Gasteiger partial charge >= 0.3 is 0 Å².